The molecule has 1 aliphatic heterocycles. The zero-order valence-electron chi connectivity index (χ0n) is 19.1. The minimum Gasteiger partial charge on any atom is -0.493 e. The maximum absolute atomic E-state index is 12.8. The summed E-state index contributed by atoms with van der Waals surface area (Å²) < 4.78 is 10.6. The van der Waals surface area contributed by atoms with Gasteiger partial charge in [-0.3, -0.25) is 19.3 Å². The Morgan fingerprint density at radius 3 is 2.53 bits per heavy atom. The molecule has 1 fully saturated rings. The molecule has 1 heterocycles. The van der Waals surface area contributed by atoms with E-state index in [4.69, 9.17) is 14.6 Å². The van der Waals surface area contributed by atoms with Gasteiger partial charge in [-0.1, -0.05) is 23.8 Å². The minimum absolute atomic E-state index is 0.152. The number of carboxylic acids is 1. The van der Waals surface area contributed by atoms with E-state index in [9.17, 15) is 19.2 Å². The van der Waals surface area contributed by atoms with Crippen molar-refractivity contribution in [2.24, 2.45) is 0 Å². The fraction of sp³-hybridized carbons (Fsp3) is 0.250. The van der Waals surface area contributed by atoms with Gasteiger partial charge in [0.05, 0.1) is 12.0 Å². The highest BCUT2D eigenvalue weighted by atomic mass is 32.2. The van der Waals surface area contributed by atoms with Gasteiger partial charge in [-0.15, -0.1) is 0 Å². The number of aryl methyl sites for hydroxylation is 2. The molecule has 9 nitrogen and oxygen atoms in total. The molecule has 0 spiro atoms. The number of carbonyl (C=O) groups is 4. The molecule has 0 unspecified atom stereocenters. The predicted octanol–water partition coefficient (Wildman–Crippen LogP) is 3.84. The van der Waals surface area contributed by atoms with Crippen LogP contribution in [0.25, 0.3) is 6.08 Å². The number of anilines is 1. The lowest BCUT2D eigenvalue weighted by atomic mass is 10.1. The maximum Gasteiger partial charge on any atom is 0.344 e. The molecule has 3 amide bonds. The highest BCUT2D eigenvalue weighted by molar-refractivity contribution is 8.18. The molecule has 0 saturated carbocycles. The van der Waals surface area contributed by atoms with Crippen LogP contribution in [-0.4, -0.2) is 52.8 Å². The highest BCUT2D eigenvalue weighted by Crippen LogP contribution is 2.35. The van der Waals surface area contributed by atoms with Crippen LogP contribution in [0.3, 0.4) is 0 Å². The lowest BCUT2D eigenvalue weighted by Gasteiger charge is -2.14. The number of imide groups is 1. The van der Waals surface area contributed by atoms with E-state index >= 15 is 0 Å². The fourth-order valence-corrected chi connectivity index (χ4v) is 4.03. The van der Waals surface area contributed by atoms with E-state index in [-0.39, 0.29) is 16.4 Å². The van der Waals surface area contributed by atoms with Crippen molar-refractivity contribution >= 4 is 46.5 Å². The number of nitrogens with one attached hydrogen (secondary N) is 1. The quantitative estimate of drug-likeness (QED) is 0.542. The van der Waals surface area contributed by atoms with Crippen molar-refractivity contribution in [1.82, 2.24) is 4.90 Å². The molecular formula is C24H24N2O7S. The van der Waals surface area contributed by atoms with Gasteiger partial charge < -0.3 is 19.9 Å². The summed E-state index contributed by atoms with van der Waals surface area (Å²) in [5, 5.41) is 11.2. The number of rotatable bonds is 8. The largest absolute Gasteiger partial charge is 0.493 e. The van der Waals surface area contributed by atoms with Crippen molar-refractivity contribution in [3.63, 3.8) is 0 Å². The number of carboxylic acid groups (broad SMARTS) is 1. The zero-order valence-corrected chi connectivity index (χ0v) is 19.9. The molecule has 0 aromatic heterocycles. The second-order valence-corrected chi connectivity index (χ2v) is 8.64. The summed E-state index contributed by atoms with van der Waals surface area (Å²) in [7, 11) is 1.40. The molecule has 0 aliphatic carbocycles. The number of amides is 3. The van der Waals surface area contributed by atoms with E-state index in [0.717, 1.165) is 27.8 Å². The van der Waals surface area contributed by atoms with Crippen LogP contribution in [-0.2, 0) is 14.4 Å². The van der Waals surface area contributed by atoms with Gasteiger partial charge in [0, 0.05) is 5.69 Å². The standard InChI is InChI=1S/C24H24N2O7S/c1-13-5-7-17(14(2)9-13)25-21(27)12-26-22(28)20(34-24(26)31)11-16-6-8-18(19(10-16)32-4)33-15(3)23(29)30/h5-11,15H,12H2,1-4H3,(H,25,27)(H,29,30)/b20-11+/t15-/m0/s1. The molecule has 10 heteroatoms. The first-order valence-electron chi connectivity index (χ1n) is 10.3. The summed E-state index contributed by atoms with van der Waals surface area (Å²) in [6.45, 7) is 4.79. The van der Waals surface area contributed by atoms with Crippen LogP contribution < -0.4 is 14.8 Å². The number of ether oxygens (including phenoxy) is 2. The van der Waals surface area contributed by atoms with Crippen molar-refractivity contribution in [3.05, 3.63) is 58.0 Å². The van der Waals surface area contributed by atoms with Crippen LogP contribution in [0.2, 0.25) is 0 Å². The van der Waals surface area contributed by atoms with E-state index in [1.807, 2.05) is 26.0 Å². The smallest absolute Gasteiger partial charge is 0.344 e. The molecular weight excluding hydrogens is 460 g/mol. The van der Waals surface area contributed by atoms with Crippen LogP contribution in [0.4, 0.5) is 10.5 Å². The van der Waals surface area contributed by atoms with Gasteiger partial charge in [-0.25, -0.2) is 4.79 Å². The molecule has 1 saturated heterocycles. The first-order chi connectivity index (χ1) is 16.1. The van der Waals surface area contributed by atoms with Crippen LogP contribution in [0.5, 0.6) is 11.5 Å². The summed E-state index contributed by atoms with van der Waals surface area (Å²) in [6.07, 6.45) is 0.422. The Balaban J connectivity index is 1.72. The molecule has 3 rings (SSSR count). The summed E-state index contributed by atoms with van der Waals surface area (Å²) in [4.78, 5) is 49.7. The summed E-state index contributed by atoms with van der Waals surface area (Å²) in [5.41, 5.74) is 3.09. The maximum atomic E-state index is 12.8. The van der Waals surface area contributed by atoms with Gasteiger partial charge in [-0.05, 0) is 67.9 Å². The van der Waals surface area contributed by atoms with Crippen molar-refractivity contribution in [2.75, 3.05) is 19.0 Å². The SMILES string of the molecule is COc1cc(/C=C2/SC(=O)N(CC(=O)Nc3ccc(C)cc3C)C2=O)ccc1O[C@@H](C)C(=O)O. The van der Waals surface area contributed by atoms with E-state index in [1.165, 1.54) is 26.2 Å². The molecule has 0 radical (unpaired) electrons. The summed E-state index contributed by atoms with van der Waals surface area (Å²) in [6, 6.07) is 10.2. The molecule has 0 bridgehead atoms. The predicted molar refractivity (Wildman–Crippen MR) is 128 cm³/mol. The van der Waals surface area contributed by atoms with Crippen molar-refractivity contribution in [2.45, 2.75) is 26.9 Å². The second kappa shape index (κ2) is 10.4. The van der Waals surface area contributed by atoms with Gasteiger partial charge >= 0.3 is 5.97 Å². The van der Waals surface area contributed by atoms with Crippen LogP contribution in [0.1, 0.15) is 23.6 Å². The normalized spacial score (nSPS) is 15.4. The Morgan fingerprint density at radius 1 is 1.15 bits per heavy atom. The Morgan fingerprint density at radius 2 is 1.88 bits per heavy atom. The first-order valence-corrected chi connectivity index (χ1v) is 11.1. The van der Waals surface area contributed by atoms with Crippen LogP contribution >= 0.6 is 11.8 Å². The monoisotopic (exact) mass is 484 g/mol. The summed E-state index contributed by atoms with van der Waals surface area (Å²) in [5.74, 6) is -1.68. The minimum atomic E-state index is -1.12. The molecule has 1 aliphatic rings. The van der Waals surface area contributed by atoms with Crippen LogP contribution in [0.15, 0.2) is 41.3 Å². The van der Waals surface area contributed by atoms with Crippen molar-refractivity contribution in [1.29, 1.82) is 0 Å². The van der Waals surface area contributed by atoms with E-state index in [2.05, 4.69) is 5.32 Å². The average Bonchev–Trinajstić information content (AvgIpc) is 3.03. The number of thioether (sulfide) groups is 1. The molecule has 178 valence electrons. The zero-order chi connectivity index (χ0) is 25.0. The Hall–Kier alpha value is -3.79. The van der Waals surface area contributed by atoms with Crippen LogP contribution in [0, 0.1) is 13.8 Å². The lowest BCUT2D eigenvalue weighted by Crippen LogP contribution is -2.36. The van der Waals surface area contributed by atoms with E-state index < -0.39 is 35.7 Å². The van der Waals surface area contributed by atoms with Crippen molar-refractivity contribution < 1.29 is 33.8 Å². The molecule has 2 N–H and O–H groups in total. The molecule has 34 heavy (non-hydrogen) atoms. The van der Waals surface area contributed by atoms with Gasteiger partial charge in [-0.2, -0.15) is 0 Å². The highest BCUT2D eigenvalue weighted by Gasteiger charge is 2.36. The number of carbonyl (C=O) groups excluding carboxylic acids is 3. The lowest BCUT2D eigenvalue weighted by molar-refractivity contribution is -0.144. The van der Waals surface area contributed by atoms with Crippen molar-refractivity contribution in [3.8, 4) is 11.5 Å². The number of aliphatic carboxylic acids is 1. The Labute approximate surface area is 200 Å². The van der Waals surface area contributed by atoms with E-state index in [0.29, 0.717) is 11.3 Å². The van der Waals surface area contributed by atoms with Gasteiger partial charge in [0.1, 0.15) is 6.54 Å². The van der Waals surface area contributed by atoms with Gasteiger partial charge in [0.25, 0.3) is 11.1 Å². The third kappa shape index (κ3) is 5.76. The summed E-state index contributed by atoms with van der Waals surface area (Å²) >= 11 is 0.731. The third-order valence-electron chi connectivity index (χ3n) is 4.97. The topological polar surface area (TPSA) is 122 Å². The van der Waals surface area contributed by atoms with E-state index in [1.54, 1.807) is 18.2 Å². The molecule has 2 aromatic carbocycles. The number of nitrogens with zero attached hydrogens (tertiary/aromatic N) is 1. The Kier molecular flexibility index (Phi) is 7.62. The Bertz CT molecular complexity index is 1190. The number of methoxy groups -OCH3 is 1. The van der Waals surface area contributed by atoms with Gasteiger partial charge in [0.15, 0.2) is 17.6 Å². The average molecular weight is 485 g/mol. The fourth-order valence-electron chi connectivity index (χ4n) is 3.19. The molecule has 1 atom stereocenters. The third-order valence-corrected chi connectivity index (χ3v) is 5.88. The number of hydrogen-bond acceptors (Lipinski definition) is 7. The second-order valence-electron chi connectivity index (χ2n) is 7.64. The first kappa shape index (κ1) is 24.8. The molecule has 2 aromatic rings. The van der Waals surface area contributed by atoms with Gasteiger partial charge in [0.2, 0.25) is 5.91 Å². The number of hydrogen-bond donors (Lipinski definition) is 2. The number of benzene rings is 2.